The summed E-state index contributed by atoms with van der Waals surface area (Å²) in [6.45, 7) is 2.18. The number of hydrogen-bond acceptors (Lipinski definition) is 8. The van der Waals surface area contributed by atoms with Crippen LogP contribution in [0, 0.1) is 6.92 Å². The number of rotatable bonds is 5. The van der Waals surface area contributed by atoms with E-state index in [1.165, 1.54) is 20.3 Å². The van der Waals surface area contributed by atoms with Crippen LogP contribution in [0.25, 0.3) is 6.08 Å². The quantitative estimate of drug-likeness (QED) is 0.258. The first-order valence-corrected chi connectivity index (χ1v) is 11.3. The molecule has 184 valence electrons. The molecule has 0 spiro atoms. The Morgan fingerprint density at radius 2 is 1.78 bits per heavy atom. The number of halogens is 1. The van der Waals surface area contributed by atoms with E-state index in [9.17, 15) is 9.59 Å². The van der Waals surface area contributed by atoms with Crippen molar-refractivity contribution in [2.75, 3.05) is 21.0 Å². The molecular weight excluding hydrogens is 488 g/mol. The molecule has 2 heterocycles. The number of carbonyl (C=O) groups is 2. The maximum atomic E-state index is 13.1. The van der Waals surface area contributed by atoms with Gasteiger partial charge in [-0.15, -0.1) is 0 Å². The van der Waals surface area contributed by atoms with Crippen molar-refractivity contribution in [3.8, 4) is 28.7 Å². The molecule has 0 radical (unpaired) electrons. The molecule has 0 bridgehead atoms. The van der Waals surface area contributed by atoms with E-state index in [-0.39, 0.29) is 29.6 Å². The third kappa shape index (κ3) is 4.25. The van der Waals surface area contributed by atoms with E-state index < -0.39 is 5.97 Å². The van der Waals surface area contributed by atoms with Gasteiger partial charge in [-0.2, -0.15) is 0 Å². The van der Waals surface area contributed by atoms with E-state index in [0.29, 0.717) is 51.3 Å². The molecule has 2 aliphatic heterocycles. The Morgan fingerprint density at radius 3 is 2.56 bits per heavy atom. The van der Waals surface area contributed by atoms with Crippen molar-refractivity contribution in [3.63, 3.8) is 0 Å². The molecule has 3 aromatic carbocycles. The van der Waals surface area contributed by atoms with E-state index in [4.69, 9.17) is 40.0 Å². The summed E-state index contributed by atoms with van der Waals surface area (Å²) in [6, 6.07) is 11.3. The first kappa shape index (κ1) is 23.7. The van der Waals surface area contributed by atoms with Gasteiger partial charge in [0.1, 0.15) is 17.2 Å². The minimum Gasteiger partial charge on any atom is -0.493 e. The average Bonchev–Trinajstić information content (AvgIpc) is 3.20. The lowest BCUT2D eigenvalue weighted by molar-refractivity contribution is -0.0165. The molecule has 0 atom stereocenters. The van der Waals surface area contributed by atoms with Crippen molar-refractivity contribution in [2.24, 2.45) is 0 Å². The largest absolute Gasteiger partial charge is 0.493 e. The molecule has 8 nitrogen and oxygen atoms in total. The van der Waals surface area contributed by atoms with E-state index in [1.54, 1.807) is 49.4 Å². The van der Waals surface area contributed by atoms with Gasteiger partial charge in [-0.25, -0.2) is 4.79 Å². The predicted octanol–water partition coefficient (Wildman–Crippen LogP) is 5.37. The number of methoxy groups -OCH3 is 2. The maximum absolute atomic E-state index is 13.1. The number of hydrogen-bond donors (Lipinski definition) is 0. The lowest BCUT2D eigenvalue weighted by Gasteiger charge is -2.20. The Balaban J connectivity index is 1.42. The fourth-order valence-electron chi connectivity index (χ4n) is 4.06. The van der Waals surface area contributed by atoms with Crippen LogP contribution in [0.5, 0.6) is 28.7 Å². The first-order valence-electron chi connectivity index (χ1n) is 10.9. The number of ether oxygens (including phenoxy) is 6. The summed E-state index contributed by atoms with van der Waals surface area (Å²) in [6.07, 6.45) is 1.59. The second-order valence-electron chi connectivity index (χ2n) is 8.06. The molecule has 0 aliphatic carbocycles. The molecule has 0 saturated heterocycles. The maximum Gasteiger partial charge on any atom is 0.343 e. The molecule has 2 aliphatic rings. The van der Waals surface area contributed by atoms with Crippen LogP contribution in [0.4, 0.5) is 0 Å². The Hall–Kier alpha value is -4.01. The van der Waals surface area contributed by atoms with E-state index in [2.05, 4.69) is 0 Å². The molecule has 0 fully saturated rings. The molecule has 0 N–H and O–H groups in total. The standard InChI is InChI=1S/C27H21ClO8/c1-14-20(36-27(30)15-4-6-21(31-2)22(10-15)32-3)7-5-19-24(29)23(35-25(14)19)11-16-8-18(28)9-17-12-33-13-34-26(16)17/h4-11H,12-13H2,1-3H3/b23-11-. The highest BCUT2D eigenvalue weighted by Gasteiger charge is 2.31. The normalized spacial score (nSPS) is 15.0. The zero-order valence-electron chi connectivity index (χ0n) is 19.7. The van der Waals surface area contributed by atoms with Crippen LogP contribution < -0.4 is 23.7 Å². The number of allylic oxidation sites excluding steroid dienone is 1. The Morgan fingerprint density at radius 1 is 1.00 bits per heavy atom. The second-order valence-corrected chi connectivity index (χ2v) is 8.49. The molecule has 9 heteroatoms. The summed E-state index contributed by atoms with van der Waals surface area (Å²) in [5.41, 5.74) is 2.54. The number of fused-ring (bicyclic) bond motifs is 2. The summed E-state index contributed by atoms with van der Waals surface area (Å²) in [5.74, 6) is 1.29. The monoisotopic (exact) mass is 508 g/mol. The molecule has 0 amide bonds. The van der Waals surface area contributed by atoms with E-state index >= 15 is 0 Å². The van der Waals surface area contributed by atoms with Gasteiger partial charge < -0.3 is 28.4 Å². The van der Waals surface area contributed by atoms with Crippen molar-refractivity contribution >= 4 is 29.4 Å². The zero-order valence-corrected chi connectivity index (χ0v) is 20.4. The highest BCUT2D eigenvalue weighted by atomic mass is 35.5. The van der Waals surface area contributed by atoms with Gasteiger partial charge in [0.2, 0.25) is 5.78 Å². The average molecular weight is 509 g/mol. The van der Waals surface area contributed by atoms with Crippen LogP contribution in [0.15, 0.2) is 48.2 Å². The van der Waals surface area contributed by atoms with Crippen LogP contribution in [0.3, 0.4) is 0 Å². The van der Waals surface area contributed by atoms with Gasteiger partial charge in [0, 0.05) is 21.7 Å². The fourth-order valence-corrected chi connectivity index (χ4v) is 4.31. The molecular formula is C27H21ClO8. The van der Waals surface area contributed by atoms with E-state index in [1.807, 2.05) is 0 Å². The van der Waals surface area contributed by atoms with Crippen molar-refractivity contribution < 1.29 is 38.0 Å². The molecule has 36 heavy (non-hydrogen) atoms. The van der Waals surface area contributed by atoms with Gasteiger partial charge in [0.15, 0.2) is 24.1 Å². The number of Topliss-reactive ketones (excluding diaryl/α,β-unsaturated/α-hetero) is 1. The molecule has 0 unspecified atom stereocenters. The summed E-state index contributed by atoms with van der Waals surface area (Å²) in [7, 11) is 2.99. The highest BCUT2D eigenvalue weighted by molar-refractivity contribution is 6.31. The molecule has 0 aromatic heterocycles. The molecule has 5 rings (SSSR count). The number of benzene rings is 3. The predicted molar refractivity (Wildman–Crippen MR) is 130 cm³/mol. The smallest absolute Gasteiger partial charge is 0.343 e. The zero-order chi connectivity index (χ0) is 25.4. The fraction of sp³-hybridized carbons (Fsp3) is 0.185. The summed E-state index contributed by atoms with van der Waals surface area (Å²) < 4.78 is 32.9. The third-order valence-electron chi connectivity index (χ3n) is 5.85. The van der Waals surface area contributed by atoms with Crippen LogP contribution in [-0.4, -0.2) is 32.8 Å². The van der Waals surface area contributed by atoms with Crippen LogP contribution in [-0.2, 0) is 11.3 Å². The van der Waals surface area contributed by atoms with E-state index in [0.717, 1.165) is 5.56 Å². The number of carbonyl (C=O) groups excluding carboxylic acids is 2. The third-order valence-corrected chi connectivity index (χ3v) is 6.07. The molecule has 3 aromatic rings. The van der Waals surface area contributed by atoms with Crippen molar-refractivity contribution in [1.82, 2.24) is 0 Å². The van der Waals surface area contributed by atoms with Crippen molar-refractivity contribution in [2.45, 2.75) is 13.5 Å². The highest BCUT2D eigenvalue weighted by Crippen LogP contribution is 2.41. The Kier molecular flexibility index (Phi) is 6.30. The van der Waals surface area contributed by atoms with Crippen molar-refractivity contribution in [3.05, 3.63) is 81.1 Å². The van der Waals surface area contributed by atoms with Gasteiger partial charge >= 0.3 is 5.97 Å². The summed E-state index contributed by atoms with van der Waals surface area (Å²) in [4.78, 5) is 25.9. The topological polar surface area (TPSA) is 89.5 Å². The molecule has 0 saturated carbocycles. The minimum absolute atomic E-state index is 0.105. The summed E-state index contributed by atoms with van der Waals surface area (Å²) in [5, 5.41) is 0.484. The van der Waals surface area contributed by atoms with Gasteiger partial charge in [0.25, 0.3) is 0 Å². The van der Waals surface area contributed by atoms with Crippen molar-refractivity contribution in [1.29, 1.82) is 0 Å². The van der Waals surface area contributed by atoms with Crippen LogP contribution >= 0.6 is 11.6 Å². The SMILES string of the molecule is COc1ccc(C(=O)Oc2ccc3c(c2C)O/C(=C\c2cc(Cl)cc4c2OCOC4)C3=O)cc1OC. The number of esters is 1. The Bertz CT molecular complexity index is 1430. The number of ketones is 1. The van der Waals surface area contributed by atoms with Gasteiger partial charge in [0.05, 0.1) is 32.0 Å². The van der Waals surface area contributed by atoms with Gasteiger partial charge in [-0.05, 0) is 55.5 Å². The Labute approximate surface area is 211 Å². The lowest BCUT2D eigenvalue weighted by Crippen LogP contribution is -2.12. The van der Waals surface area contributed by atoms with Gasteiger partial charge in [-0.3, -0.25) is 4.79 Å². The second kappa shape index (κ2) is 9.56. The lowest BCUT2D eigenvalue weighted by atomic mass is 10.0. The van der Waals surface area contributed by atoms with Crippen LogP contribution in [0.2, 0.25) is 5.02 Å². The van der Waals surface area contributed by atoms with Crippen LogP contribution in [0.1, 0.15) is 37.4 Å². The minimum atomic E-state index is -0.594. The summed E-state index contributed by atoms with van der Waals surface area (Å²) >= 11 is 6.24. The first-order chi connectivity index (χ1) is 17.4. The van der Waals surface area contributed by atoms with Gasteiger partial charge in [-0.1, -0.05) is 11.6 Å².